The Morgan fingerprint density at radius 2 is 1.89 bits per heavy atom. The average Bonchev–Trinajstić information content (AvgIpc) is 2.24. The maximum Gasteiger partial charge on any atom is 0.337 e. The van der Waals surface area contributed by atoms with Crippen LogP contribution < -0.4 is 18.1 Å². The Kier molecular flexibility index (Phi) is 10.3. The van der Waals surface area contributed by atoms with Gasteiger partial charge in [-0.3, -0.25) is 4.48 Å². The number of hydrogen-bond acceptors (Lipinski definition) is 3. The normalized spacial score (nSPS) is 12.5. The number of nitrogens with zero attached hydrogens (tertiary/aromatic N) is 1. The molecule has 4 nitrogen and oxygen atoms in total. The van der Waals surface area contributed by atoms with Gasteiger partial charge in [0.1, 0.15) is 0 Å². The van der Waals surface area contributed by atoms with Crippen molar-refractivity contribution >= 4 is 5.97 Å². The van der Waals surface area contributed by atoms with Crippen molar-refractivity contribution in [3.63, 3.8) is 0 Å². The van der Waals surface area contributed by atoms with Gasteiger partial charge < -0.3 is 22.9 Å². The van der Waals surface area contributed by atoms with Crippen LogP contribution in [-0.4, -0.2) is 43.9 Å². The summed E-state index contributed by atoms with van der Waals surface area (Å²) in [4.78, 5) is 11.4. The lowest BCUT2D eigenvalue weighted by molar-refractivity contribution is -0.932. The molecular weight excluding hydrogens is 252 g/mol. The highest BCUT2D eigenvalue weighted by Gasteiger charge is 2.26. The number of unbranched alkanes of at least 4 members (excludes halogenated alkanes) is 2. The van der Waals surface area contributed by atoms with Crippen molar-refractivity contribution in [2.75, 3.05) is 27.2 Å². The third-order valence-electron chi connectivity index (χ3n) is 3.05. The molecule has 0 heterocycles. The van der Waals surface area contributed by atoms with Crippen molar-refractivity contribution in [3.05, 3.63) is 12.2 Å². The van der Waals surface area contributed by atoms with E-state index in [-0.39, 0.29) is 24.6 Å². The minimum absolute atomic E-state index is 0. The quantitative estimate of drug-likeness (QED) is 0.197. The molecule has 0 aromatic carbocycles. The predicted molar refractivity (Wildman–Crippen MR) is 70.2 cm³/mol. The molecule has 0 aromatic rings. The summed E-state index contributed by atoms with van der Waals surface area (Å²) in [6, 6.07) is 0. The van der Waals surface area contributed by atoms with E-state index in [1.807, 2.05) is 6.92 Å². The van der Waals surface area contributed by atoms with Gasteiger partial charge in [0.05, 0.1) is 20.6 Å². The molecular formula is C13H27ClN2O2. The Labute approximate surface area is 117 Å². The van der Waals surface area contributed by atoms with Crippen LogP contribution in [0.15, 0.2) is 12.2 Å². The van der Waals surface area contributed by atoms with E-state index >= 15 is 0 Å². The zero-order valence-electron chi connectivity index (χ0n) is 12.0. The van der Waals surface area contributed by atoms with E-state index in [9.17, 15) is 4.79 Å². The van der Waals surface area contributed by atoms with Crippen LogP contribution in [0, 0.1) is 0 Å². The van der Waals surface area contributed by atoms with Crippen molar-refractivity contribution in [2.45, 2.75) is 39.3 Å². The van der Waals surface area contributed by atoms with Crippen molar-refractivity contribution in [3.8, 4) is 0 Å². The number of carbonyl (C=O) groups is 1. The summed E-state index contributed by atoms with van der Waals surface area (Å²) in [6.07, 6.45) is 3.12. The first-order valence-electron chi connectivity index (χ1n) is 6.20. The number of hydrogen-bond donors (Lipinski definition) is 1. The van der Waals surface area contributed by atoms with Crippen LogP contribution in [0.2, 0.25) is 0 Å². The standard InChI is InChI=1S/C13H27N2O2.ClH/c1-11(2)13(16)17-12(3)15(4,5)10-8-6-7-9-14;/h12H,1,6-10,14H2,2-5H3;1H/q+1;/p-1. The molecule has 0 saturated heterocycles. The molecule has 0 aliphatic heterocycles. The van der Waals surface area contributed by atoms with Crippen molar-refractivity contribution in [1.82, 2.24) is 0 Å². The Balaban J connectivity index is 0. The third-order valence-corrected chi connectivity index (χ3v) is 3.05. The second kappa shape index (κ2) is 9.36. The van der Waals surface area contributed by atoms with Crippen molar-refractivity contribution in [1.29, 1.82) is 0 Å². The first kappa shape index (κ1) is 19.8. The third kappa shape index (κ3) is 7.69. The topological polar surface area (TPSA) is 52.3 Å². The number of esters is 1. The maximum atomic E-state index is 11.4. The second-order valence-electron chi connectivity index (χ2n) is 5.14. The molecule has 0 fully saturated rings. The zero-order chi connectivity index (χ0) is 13.5. The molecule has 0 amide bonds. The van der Waals surface area contributed by atoms with Crippen LogP contribution in [0.4, 0.5) is 0 Å². The van der Waals surface area contributed by atoms with Gasteiger partial charge in [-0.2, -0.15) is 0 Å². The number of ether oxygens (including phenoxy) is 1. The number of rotatable bonds is 8. The van der Waals surface area contributed by atoms with E-state index in [2.05, 4.69) is 20.7 Å². The summed E-state index contributed by atoms with van der Waals surface area (Å²) in [7, 11) is 4.14. The lowest BCUT2D eigenvalue weighted by Gasteiger charge is -2.35. The number of quaternary nitrogens is 1. The highest BCUT2D eigenvalue weighted by Crippen LogP contribution is 2.12. The summed E-state index contributed by atoms with van der Waals surface area (Å²) in [5.41, 5.74) is 5.90. The Morgan fingerprint density at radius 1 is 1.33 bits per heavy atom. The molecule has 2 N–H and O–H groups in total. The Morgan fingerprint density at radius 3 is 2.33 bits per heavy atom. The zero-order valence-corrected chi connectivity index (χ0v) is 12.8. The molecule has 0 rings (SSSR count). The van der Waals surface area contributed by atoms with Crippen LogP contribution in [0.3, 0.4) is 0 Å². The molecule has 0 radical (unpaired) electrons. The summed E-state index contributed by atoms with van der Waals surface area (Å²) < 4.78 is 6.01. The summed E-state index contributed by atoms with van der Waals surface area (Å²) in [6.45, 7) is 8.89. The van der Waals surface area contributed by atoms with Gasteiger partial charge in [0.2, 0.25) is 6.23 Å². The second-order valence-corrected chi connectivity index (χ2v) is 5.14. The van der Waals surface area contributed by atoms with E-state index in [0.29, 0.717) is 10.1 Å². The van der Waals surface area contributed by atoms with Crippen molar-refractivity contribution in [2.24, 2.45) is 5.73 Å². The molecule has 108 valence electrons. The minimum Gasteiger partial charge on any atom is -1.00 e. The highest BCUT2D eigenvalue weighted by molar-refractivity contribution is 5.86. The molecule has 18 heavy (non-hydrogen) atoms. The summed E-state index contributed by atoms with van der Waals surface area (Å²) >= 11 is 0. The van der Waals surface area contributed by atoms with Crippen LogP contribution >= 0.6 is 0 Å². The minimum atomic E-state index is -0.314. The molecule has 0 bridgehead atoms. The largest absolute Gasteiger partial charge is 1.00 e. The molecule has 5 heteroatoms. The van der Waals surface area contributed by atoms with Gasteiger partial charge in [-0.05, 0) is 32.7 Å². The fourth-order valence-electron chi connectivity index (χ4n) is 1.42. The van der Waals surface area contributed by atoms with E-state index in [4.69, 9.17) is 10.5 Å². The van der Waals surface area contributed by atoms with E-state index in [1.165, 1.54) is 0 Å². The smallest absolute Gasteiger partial charge is 0.337 e. The molecule has 0 saturated carbocycles. The van der Waals surface area contributed by atoms with E-state index in [1.54, 1.807) is 6.92 Å². The van der Waals surface area contributed by atoms with Gasteiger partial charge in [-0.25, -0.2) is 4.79 Å². The molecule has 0 aliphatic carbocycles. The van der Waals surface area contributed by atoms with E-state index in [0.717, 1.165) is 32.4 Å². The fraction of sp³-hybridized carbons (Fsp3) is 0.769. The number of carbonyl (C=O) groups excluding carboxylic acids is 1. The van der Waals surface area contributed by atoms with E-state index < -0.39 is 0 Å². The van der Waals surface area contributed by atoms with Gasteiger partial charge in [0.15, 0.2) is 0 Å². The molecule has 0 aliphatic rings. The summed E-state index contributed by atoms with van der Waals surface area (Å²) in [5.74, 6) is -0.314. The molecule has 0 aromatic heterocycles. The monoisotopic (exact) mass is 278 g/mol. The Hall–Kier alpha value is -0.580. The van der Waals surface area contributed by atoms with Crippen LogP contribution in [0.1, 0.15) is 33.1 Å². The first-order valence-corrected chi connectivity index (χ1v) is 6.20. The predicted octanol–water partition coefficient (Wildman–Crippen LogP) is -1.34. The Bertz CT molecular complexity index is 268. The fourth-order valence-corrected chi connectivity index (χ4v) is 1.42. The lowest BCUT2D eigenvalue weighted by atomic mass is 10.2. The SMILES string of the molecule is C=C(C)C(=O)OC(C)[N+](C)(C)CCCCCN.[Cl-]. The van der Waals surface area contributed by atoms with Gasteiger partial charge in [0.25, 0.3) is 0 Å². The number of nitrogens with two attached hydrogens (primary N) is 1. The molecule has 1 unspecified atom stereocenters. The highest BCUT2D eigenvalue weighted by atomic mass is 35.5. The molecule has 0 spiro atoms. The maximum absolute atomic E-state index is 11.4. The van der Waals surface area contributed by atoms with Gasteiger partial charge in [0, 0.05) is 12.5 Å². The van der Waals surface area contributed by atoms with Crippen molar-refractivity contribution < 1.29 is 26.4 Å². The van der Waals surface area contributed by atoms with Gasteiger partial charge in [-0.15, -0.1) is 0 Å². The van der Waals surface area contributed by atoms with Crippen LogP contribution in [0.25, 0.3) is 0 Å². The molecule has 1 atom stereocenters. The first-order chi connectivity index (χ1) is 7.81. The van der Waals surface area contributed by atoms with Crippen LogP contribution in [-0.2, 0) is 9.53 Å². The average molecular weight is 279 g/mol. The van der Waals surface area contributed by atoms with Crippen LogP contribution in [0.5, 0.6) is 0 Å². The lowest BCUT2D eigenvalue weighted by Crippen LogP contribution is -3.00. The number of halogens is 1. The van der Waals surface area contributed by atoms with Gasteiger partial charge >= 0.3 is 5.97 Å². The van der Waals surface area contributed by atoms with Gasteiger partial charge in [-0.1, -0.05) is 6.58 Å². The summed E-state index contributed by atoms with van der Waals surface area (Å²) in [5, 5.41) is 0.